The highest BCUT2D eigenvalue weighted by Crippen LogP contribution is 2.43. The molecule has 7 heterocycles. The number of likely N-dealkylation sites (N-methyl/N-ethyl adjacent to an activating group) is 1. The maximum Gasteiger partial charge on any atom is 0.353 e. The fourth-order valence-corrected chi connectivity index (χ4v) is 11.2. The monoisotopic (exact) mass is 950 g/mol. The number of aromatic nitrogens is 3. The number of hydrazine groups is 2. The van der Waals surface area contributed by atoms with Gasteiger partial charge in [0.15, 0.2) is 0 Å². The lowest BCUT2D eigenvalue weighted by atomic mass is 9.72. The summed E-state index contributed by atoms with van der Waals surface area (Å²) in [4.78, 5) is 84.1. The first kappa shape index (κ1) is 48.6. The van der Waals surface area contributed by atoms with Crippen molar-refractivity contribution in [3.05, 3.63) is 70.8 Å². The molecule has 4 aromatic rings. The van der Waals surface area contributed by atoms with E-state index in [9.17, 15) is 24.0 Å². The number of carbonyl (C=O) groups excluding carboxylic acids is 5. The van der Waals surface area contributed by atoms with Crippen LogP contribution in [0.5, 0.6) is 0 Å². The van der Waals surface area contributed by atoms with Gasteiger partial charge in [-0.05, 0) is 87.8 Å². The summed E-state index contributed by atoms with van der Waals surface area (Å²) in [6.07, 6.45) is 5.91. The number of amides is 6. The van der Waals surface area contributed by atoms with Crippen LogP contribution in [0.1, 0.15) is 89.6 Å². The summed E-state index contributed by atoms with van der Waals surface area (Å²) in [7, 11) is 3.31. The molecule has 68 heavy (non-hydrogen) atoms. The van der Waals surface area contributed by atoms with Crippen LogP contribution in [0, 0.1) is 16.7 Å². The smallest absolute Gasteiger partial charge is 0.353 e. The molecule has 3 aromatic heterocycles. The second-order valence-corrected chi connectivity index (χ2v) is 20.9. The van der Waals surface area contributed by atoms with Crippen LogP contribution < -0.4 is 10.9 Å². The number of cyclic esters (lactones) is 1. The van der Waals surface area contributed by atoms with E-state index in [0.717, 1.165) is 57.5 Å². The summed E-state index contributed by atoms with van der Waals surface area (Å²) >= 11 is 1.38. The van der Waals surface area contributed by atoms with Gasteiger partial charge in [0.05, 0.1) is 36.3 Å². The lowest BCUT2D eigenvalue weighted by Crippen LogP contribution is -2.64. The third-order valence-electron chi connectivity index (χ3n) is 14.1. The lowest BCUT2D eigenvalue weighted by Gasteiger charge is -2.54. The van der Waals surface area contributed by atoms with E-state index in [-0.39, 0.29) is 49.1 Å². The number of nitrogens with one attached hydrogen (secondary N) is 2. The third kappa shape index (κ3) is 9.59. The molecule has 2 N–H and O–H groups in total. The van der Waals surface area contributed by atoms with E-state index in [1.165, 1.54) is 32.3 Å². The largest absolute Gasteiger partial charge is 0.464 e. The molecule has 4 aliphatic heterocycles. The van der Waals surface area contributed by atoms with Crippen molar-refractivity contribution < 1.29 is 33.4 Å². The zero-order valence-corrected chi connectivity index (χ0v) is 41.5. The van der Waals surface area contributed by atoms with Crippen LogP contribution >= 0.6 is 11.3 Å². The summed E-state index contributed by atoms with van der Waals surface area (Å²) in [5, 5.41) is 6.16. The minimum Gasteiger partial charge on any atom is -0.464 e. The number of fused-ring (bicyclic) bond motifs is 6. The Labute approximate surface area is 402 Å². The van der Waals surface area contributed by atoms with Gasteiger partial charge in [-0.1, -0.05) is 40.3 Å². The molecule has 1 aromatic carbocycles. The molecule has 18 heteroatoms. The number of aryl methyl sites for hydroxylation is 1. The Morgan fingerprint density at radius 3 is 2.54 bits per heavy atom. The number of piperidine rings is 1. The van der Waals surface area contributed by atoms with Gasteiger partial charge in [-0.2, -0.15) is 0 Å². The maximum absolute atomic E-state index is 14.6. The predicted molar refractivity (Wildman–Crippen MR) is 260 cm³/mol. The van der Waals surface area contributed by atoms with Crippen molar-refractivity contribution in [1.29, 1.82) is 0 Å². The number of esters is 1. The number of rotatable bonds is 9. The topological polar surface area (TPSA) is 175 Å². The van der Waals surface area contributed by atoms with Gasteiger partial charge < -0.3 is 28.7 Å². The minimum absolute atomic E-state index is 0.0160. The van der Waals surface area contributed by atoms with Gasteiger partial charge in [-0.25, -0.2) is 25.0 Å². The zero-order valence-electron chi connectivity index (χ0n) is 40.7. The summed E-state index contributed by atoms with van der Waals surface area (Å²) in [6, 6.07) is 7.79. The van der Waals surface area contributed by atoms with Crippen LogP contribution in [0.4, 0.5) is 9.59 Å². The standard InChI is InChI=1S/C50H66N10O7S/c1-10-41(61)57-28-50(29-57)18-22-56(23-19-50)47(64)55(8)43(31(3)4)45(62)54-60-26-40-52-38(27-68-40)33-16-17-39-35(24-33)36(44(58(39)11-2)34-14-12-20-51-42(34)32(5)66-9)25-49(6,7)30-67-46(63)37-15-13-21-59(53-37)48(60)65/h10,12,14,16-17,20,24,27,31-32,37,43,53H,1,11,13,15,18-19,21-23,25-26,28-30H2,2-9H3,(H,54,62)/t32-,37-,43?/m0/s1. The molecule has 6 amide bonds. The second-order valence-electron chi connectivity index (χ2n) is 20.0. The highest BCUT2D eigenvalue weighted by Gasteiger charge is 2.47. The Bertz CT molecular complexity index is 2570. The third-order valence-corrected chi connectivity index (χ3v) is 15.0. The highest BCUT2D eigenvalue weighted by atomic mass is 32.1. The Kier molecular flexibility index (Phi) is 14.0. The van der Waals surface area contributed by atoms with Crippen molar-refractivity contribution in [3.63, 3.8) is 0 Å². The molecular weight excluding hydrogens is 885 g/mol. The number of likely N-dealkylation sites (tertiary alicyclic amines) is 2. The van der Waals surface area contributed by atoms with Crippen molar-refractivity contribution in [3.8, 4) is 22.5 Å². The molecule has 364 valence electrons. The van der Waals surface area contributed by atoms with Gasteiger partial charge >= 0.3 is 18.0 Å². The average molecular weight is 951 g/mol. The van der Waals surface area contributed by atoms with Gasteiger partial charge in [0, 0.05) is 97.9 Å². The van der Waals surface area contributed by atoms with E-state index in [1.807, 2.05) is 32.2 Å². The molecule has 3 atom stereocenters. The minimum atomic E-state index is -0.933. The molecule has 17 nitrogen and oxygen atoms in total. The number of benzene rings is 1. The van der Waals surface area contributed by atoms with Crippen LogP contribution in [0.25, 0.3) is 33.4 Å². The Morgan fingerprint density at radius 1 is 1.10 bits per heavy atom. The fraction of sp³-hybridized carbons (Fsp3) is 0.540. The van der Waals surface area contributed by atoms with Crippen molar-refractivity contribution in [2.75, 3.05) is 53.5 Å². The molecule has 0 aliphatic carbocycles. The van der Waals surface area contributed by atoms with Gasteiger partial charge in [0.25, 0.3) is 5.91 Å². The van der Waals surface area contributed by atoms with Gasteiger partial charge in [-0.3, -0.25) is 29.8 Å². The van der Waals surface area contributed by atoms with E-state index in [2.05, 4.69) is 67.0 Å². The van der Waals surface area contributed by atoms with Crippen molar-refractivity contribution in [1.82, 2.24) is 50.1 Å². The molecule has 0 saturated carbocycles. The summed E-state index contributed by atoms with van der Waals surface area (Å²) < 4.78 is 14.2. The number of ether oxygens (including phenoxy) is 2. The van der Waals surface area contributed by atoms with E-state index < -0.39 is 35.4 Å². The maximum atomic E-state index is 14.6. The van der Waals surface area contributed by atoms with Gasteiger partial charge in [0.2, 0.25) is 5.91 Å². The molecule has 8 rings (SSSR count). The van der Waals surface area contributed by atoms with E-state index in [0.29, 0.717) is 57.0 Å². The number of pyridine rings is 1. The number of nitrogens with zero attached hydrogens (tertiary/aromatic N) is 8. The zero-order chi connectivity index (χ0) is 48.7. The summed E-state index contributed by atoms with van der Waals surface area (Å²) in [5.74, 6) is -1.40. The van der Waals surface area contributed by atoms with E-state index in [1.54, 1.807) is 30.2 Å². The van der Waals surface area contributed by atoms with Crippen LogP contribution in [-0.4, -0.2) is 135 Å². The normalized spacial score (nSPS) is 20.4. The van der Waals surface area contributed by atoms with Crippen LogP contribution in [0.3, 0.4) is 0 Å². The number of methoxy groups -OCH3 is 1. The molecule has 0 radical (unpaired) electrons. The number of urea groups is 2. The van der Waals surface area contributed by atoms with E-state index in [4.69, 9.17) is 19.4 Å². The van der Waals surface area contributed by atoms with Gasteiger partial charge in [0.1, 0.15) is 17.1 Å². The quantitative estimate of drug-likeness (QED) is 0.134. The van der Waals surface area contributed by atoms with Crippen molar-refractivity contribution in [2.45, 2.75) is 105 Å². The first-order valence-corrected chi connectivity index (χ1v) is 24.7. The molecule has 3 saturated heterocycles. The summed E-state index contributed by atoms with van der Waals surface area (Å²) in [5.41, 5.74) is 12.1. The Balaban J connectivity index is 1.11. The Morgan fingerprint density at radius 2 is 1.85 bits per heavy atom. The Hall–Kier alpha value is -5.85. The molecule has 3 fully saturated rings. The molecule has 1 spiro atoms. The van der Waals surface area contributed by atoms with E-state index >= 15 is 0 Å². The fourth-order valence-electron chi connectivity index (χ4n) is 10.4. The van der Waals surface area contributed by atoms with Crippen molar-refractivity contribution in [2.24, 2.45) is 16.7 Å². The van der Waals surface area contributed by atoms with Gasteiger partial charge in [-0.15, -0.1) is 11.3 Å². The number of carbonyl (C=O) groups is 5. The predicted octanol–water partition coefficient (Wildman–Crippen LogP) is 6.79. The average Bonchev–Trinajstić information content (AvgIpc) is 3.92. The van der Waals surface area contributed by atoms with Crippen LogP contribution in [0.15, 0.2) is 54.6 Å². The highest BCUT2D eigenvalue weighted by molar-refractivity contribution is 7.09. The molecule has 6 bridgehead atoms. The lowest BCUT2D eigenvalue weighted by molar-refractivity contribution is -0.152. The van der Waals surface area contributed by atoms with Crippen LogP contribution in [-0.2, 0) is 43.4 Å². The molecular formula is C50H66N10O7S. The number of hydrogen-bond acceptors (Lipinski definition) is 11. The molecule has 4 aliphatic rings. The molecule has 1 unspecified atom stereocenters. The van der Waals surface area contributed by atoms with Crippen molar-refractivity contribution >= 4 is 52.1 Å². The van der Waals surface area contributed by atoms with Crippen LogP contribution in [0.2, 0.25) is 0 Å². The number of hydrogen-bond donors (Lipinski definition) is 2. The summed E-state index contributed by atoms with van der Waals surface area (Å²) in [6.45, 7) is 19.0. The second kappa shape index (κ2) is 19.6. The SMILES string of the molecule is C=CC(=O)N1CC2(CCN(C(=O)N(C)C(C(=O)NN3Cc4nc(cs4)-c4ccc5c(c4)c(c(-c4cccnc4[C@H](C)OC)n5CC)CC(C)(C)COC(=O)[C@@H]4CCCN(N4)C3=O)C(C)C)CC2)C1. The first-order valence-electron chi connectivity index (χ1n) is 23.8. The number of thiazole rings is 1. The first-order chi connectivity index (χ1) is 32.5.